The van der Waals surface area contributed by atoms with E-state index in [0.29, 0.717) is 0 Å². The average Bonchev–Trinajstić information content (AvgIpc) is 2.04. The maximum Gasteiger partial charge on any atom is 0.300 e. The van der Waals surface area contributed by atoms with Crippen LogP contribution in [0.15, 0.2) is 0 Å². The van der Waals surface area contributed by atoms with Crippen LogP contribution in [0.2, 0.25) is 0 Å². The van der Waals surface area contributed by atoms with E-state index in [0.717, 1.165) is 0 Å². The summed E-state index contributed by atoms with van der Waals surface area (Å²) in [6, 6.07) is 0. The molecule has 6 nitrogen and oxygen atoms in total. The quantitative estimate of drug-likeness (QED) is 0.543. The fourth-order valence-corrected chi connectivity index (χ4v) is 0.463. The van der Waals surface area contributed by atoms with Crippen LogP contribution in [0.1, 0.15) is 0 Å². The molecule has 0 spiro atoms. The molecule has 0 unspecified atom stereocenters. The second-order valence-electron chi connectivity index (χ2n) is 1.40. The summed E-state index contributed by atoms with van der Waals surface area (Å²) in [7, 11) is 2.91. The monoisotopic (exact) mass is 142 g/mol. The van der Waals surface area contributed by atoms with Crippen molar-refractivity contribution < 1.29 is 9.47 Å². The molecule has 0 amide bonds. The van der Waals surface area contributed by atoms with Gasteiger partial charge < -0.3 is 9.47 Å². The first-order valence-corrected chi connectivity index (χ1v) is 2.52. The molecule has 10 heavy (non-hydrogen) atoms. The number of hydrogen-bond donors (Lipinski definition) is 0. The first-order chi connectivity index (χ1) is 4.88. The molecule has 0 bridgehead atoms. The third-order valence-corrected chi connectivity index (χ3v) is 0.881. The van der Waals surface area contributed by atoms with E-state index >= 15 is 0 Å². The lowest BCUT2D eigenvalue weighted by molar-refractivity contribution is 0.316. The fourth-order valence-electron chi connectivity index (χ4n) is 0.463. The number of hydrogen-bond acceptors (Lipinski definition) is 6. The molecule has 0 fully saturated rings. The first kappa shape index (κ1) is 6.66. The third-order valence-electron chi connectivity index (χ3n) is 0.881. The van der Waals surface area contributed by atoms with Gasteiger partial charge in [0.2, 0.25) is 0 Å². The van der Waals surface area contributed by atoms with Crippen molar-refractivity contribution in [1.29, 1.82) is 0 Å². The minimum atomic E-state index is 0.234. The van der Waals surface area contributed by atoms with Crippen LogP contribution in [0.3, 0.4) is 0 Å². The lowest BCUT2D eigenvalue weighted by Gasteiger charge is -1.99. The zero-order valence-electron chi connectivity index (χ0n) is 5.61. The van der Waals surface area contributed by atoms with Gasteiger partial charge in [0, 0.05) is 0 Å². The molecule has 1 aromatic heterocycles. The van der Waals surface area contributed by atoms with Gasteiger partial charge >= 0.3 is 0 Å². The Hall–Kier alpha value is -1.46. The van der Waals surface area contributed by atoms with Gasteiger partial charge in [-0.25, -0.2) is 0 Å². The van der Waals surface area contributed by atoms with Gasteiger partial charge in [0.15, 0.2) is 0 Å². The van der Waals surface area contributed by atoms with E-state index in [-0.39, 0.29) is 11.8 Å². The molecule has 0 aliphatic carbocycles. The summed E-state index contributed by atoms with van der Waals surface area (Å²) in [4.78, 5) is 0. The maximum atomic E-state index is 4.74. The number of ether oxygens (including phenoxy) is 2. The van der Waals surface area contributed by atoms with Gasteiger partial charge in [-0.1, -0.05) is 10.2 Å². The zero-order chi connectivity index (χ0) is 7.40. The molecule has 0 saturated heterocycles. The summed E-state index contributed by atoms with van der Waals surface area (Å²) in [6.45, 7) is 0. The van der Waals surface area contributed by atoms with Crippen LogP contribution in [-0.2, 0) is 0 Å². The summed E-state index contributed by atoms with van der Waals surface area (Å²) >= 11 is 0. The van der Waals surface area contributed by atoms with E-state index in [1.165, 1.54) is 14.2 Å². The molecule has 0 atom stereocenters. The highest BCUT2D eigenvalue weighted by Crippen LogP contribution is 2.15. The molecule has 1 rings (SSSR count). The highest BCUT2D eigenvalue weighted by atomic mass is 16.5. The van der Waals surface area contributed by atoms with Crippen LogP contribution < -0.4 is 9.47 Å². The molecule has 54 valence electrons. The second-order valence-corrected chi connectivity index (χ2v) is 1.40. The standard InChI is InChI=1S/C4H6N4O2/c1-9-3-4(10-2)6-8-7-5-3/h1-2H3. The Kier molecular flexibility index (Phi) is 1.93. The van der Waals surface area contributed by atoms with Crippen LogP contribution in [-0.4, -0.2) is 34.8 Å². The van der Waals surface area contributed by atoms with Crippen LogP contribution >= 0.6 is 0 Å². The Morgan fingerprint density at radius 1 is 0.900 bits per heavy atom. The van der Waals surface area contributed by atoms with Crippen molar-refractivity contribution in [2.24, 2.45) is 0 Å². The molecule has 0 saturated carbocycles. The largest absolute Gasteiger partial charge is 0.476 e. The average molecular weight is 142 g/mol. The van der Waals surface area contributed by atoms with Crippen molar-refractivity contribution >= 4 is 0 Å². The van der Waals surface area contributed by atoms with Crippen molar-refractivity contribution in [2.75, 3.05) is 14.2 Å². The van der Waals surface area contributed by atoms with E-state index < -0.39 is 0 Å². The van der Waals surface area contributed by atoms with E-state index in [2.05, 4.69) is 20.6 Å². The maximum absolute atomic E-state index is 4.74. The van der Waals surface area contributed by atoms with Gasteiger partial charge in [-0.2, -0.15) is 0 Å². The normalized spacial score (nSPS) is 9.00. The number of rotatable bonds is 2. The lowest BCUT2D eigenvalue weighted by atomic mass is 10.7. The van der Waals surface area contributed by atoms with Gasteiger partial charge in [0.1, 0.15) is 0 Å². The van der Waals surface area contributed by atoms with Crippen LogP contribution in [0.25, 0.3) is 0 Å². The fraction of sp³-hybridized carbons (Fsp3) is 0.500. The van der Waals surface area contributed by atoms with E-state index in [1.807, 2.05) is 0 Å². The minimum absolute atomic E-state index is 0.234. The lowest BCUT2D eigenvalue weighted by Crippen LogP contribution is -2.00. The minimum Gasteiger partial charge on any atom is -0.476 e. The molecule has 0 N–H and O–H groups in total. The molecular weight excluding hydrogens is 136 g/mol. The third kappa shape index (κ3) is 1.09. The topological polar surface area (TPSA) is 70.0 Å². The van der Waals surface area contributed by atoms with Crippen LogP contribution in [0, 0.1) is 0 Å². The Labute approximate surface area is 57.2 Å². The van der Waals surface area contributed by atoms with Gasteiger partial charge in [-0.3, -0.25) is 0 Å². The van der Waals surface area contributed by atoms with Gasteiger partial charge in [0.25, 0.3) is 11.8 Å². The second kappa shape index (κ2) is 2.90. The van der Waals surface area contributed by atoms with Crippen LogP contribution in [0.4, 0.5) is 0 Å². The van der Waals surface area contributed by atoms with E-state index in [9.17, 15) is 0 Å². The molecule has 0 aliphatic rings. The SMILES string of the molecule is COc1nnnnc1OC. The van der Waals surface area contributed by atoms with Gasteiger partial charge in [-0.05, 0) is 10.4 Å². The van der Waals surface area contributed by atoms with Gasteiger partial charge in [-0.15, -0.1) is 0 Å². The summed E-state index contributed by atoms with van der Waals surface area (Å²) in [6.07, 6.45) is 0. The van der Waals surface area contributed by atoms with Crippen molar-refractivity contribution in [3.63, 3.8) is 0 Å². The van der Waals surface area contributed by atoms with Gasteiger partial charge in [0.05, 0.1) is 14.2 Å². The highest BCUT2D eigenvalue weighted by Gasteiger charge is 2.04. The summed E-state index contributed by atoms with van der Waals surface area (Å²) in [5, 5.41) is 13.5. The Morgan fingerprint density at radius 3 is 1.60 bits per heavy atom. The van der Waals surface area contributed by atoms with Crippen molar-refractivity contribution in [1.82, 2.24) is 20.6 Å². The summed E-state index contributed by atoms with van der Waals surface area (Å²) < 4.78 is 9.47. The van der Waals surface area contributed by atoms with Crippen molar-refractivity contribution in [3.05, 3.63) is 0 Å². The molecule has 0 radical (unpaired) electrons. The molecule has 0 aliphatic heterocycles. The van der Waals surface area contributed by atoms with Crippen LogP contribution in [0.5, 0.6) is 11.8 Å². The Morgan fingerprint density at radius 2 is 1.30 bits per heavy atom. The first-order valence-electron chi connectivity index (χ1n) is 2.52. The van der Waals surface area contributed by atoms with E-state index in [1.54, 1.807) is 0 Å². The number of methoxy groups -OCH3 is 2. The molecule has 1 heterocycles. The Bertz CT molecular complexity index is 193. The number of aromatic nitrogens is 4. The molecular formula is C4H6N4O2. The van der Waals surface area contributed by atoms with E-state index in [4.69, 9.17) is 9.47 Å². The van der Waals surface area contributed by atoms with Crippen molar-refractivity contribution in [2.45, 2.75) is 0 Å². The summed E-state index contributed by atoms with van der Waals surface area (Å²) in [5.74, 6) is 0.468. The summed E-state index contributed by atoms with van der Waals surface area (Å²) in [5.41, 5.74) is 0. The molecule has 0 aromatic carbocycles. The molecule has 1 aromatic rings. The highest BCUT2D eigenvalue weighted by molar-refractivity contribution is 5.20. The molecule has 6 heteroatoms. The zero-order valence-corrected chi connectivity index (χ0v) is 5.61. The van der Waals surface area contributed by atoms with Crippen molar-refractivity contribution in [3.8, 4) is 11.8 Å². The predicted molar refractivity (Wildman–Crippen MR) is 30.7 cm³/mol. The number of nitrogens with zero attached hydrogens (tertiary/aromatic N) is 4. The Balaban J connectivity index is 2.96. The predicted octanol–water partition coefficient (Wildman–Crippen LogP) is -0.716. The smallest absolute Gasteiger partial charge is 0.300 e.